The summed E-state index contributed by atoms with van der Waals surface area (Å²) in [7, 11) is 0. The number of benzene rings is 1. The first-order valence-electron chi connectivity index (χ1n) is 6.71. The van der Waals surface area contributed by atoms with E-state index in [-0.39, 0.29) is 0 Å². The van der Waals surface area contributed by atoms with E-state index >= 15 is 0 Å². The molecule has 2 atom stereocenters. The maximum Gasteiger partial charge on any atom is 0.119 e. The molecule has 1 aliphatic heterocycles. The van der Waals surface area contributed by atoms with Gasteiger partial charge in [0.1, 0.15) is 12.4 Å². The molecule has 1 aliphatic rings. The number of morpholine rings is 1. The quantitative estimate of drug-likeness (QED) is 0.818. The summed E-state index contributed by atoms with van der Waals surface area (Å²) in [5.41, 5.74) is 1.26. The molecule has 0 radical (unpaired) electrons. The number of nitrogens with zero attached hydrogens (tertiary/aromatic N) is 1. The Morgan fingerprint density at radius 3 is 2.39 bits per heavy atom. The van der Waals surface area contributed by atoms with Crippen LogP contribution in [0.4, 0.5) is 0 Å². The zero-order chi connectivity index (χ0) is 13.0. The van der Waals surface area contributed by atoms with E-state index < -0.39 is 0 Å². The molecular formula is C15H23NO2. The summed E-state index contributed by atoms with van der Waals surface area (Å²) in [5.74, 6) is 0.954. The Balaban J connectivity index is 1.73. The molecule has 0 aromatic heterocycles. The van der Waals surface area contributed by atoms with E-state index in [2.05, 4.69) is 37.8 Å². The molecule has 3 heteroatoms. The summed E-state index contributed by atoms with van der Waals surface area (Å²) in [5, 5.41) is 0. The third kappa shape index (κ3) is 4.00. The number of rotatable bonds is 4. The van der Waals surface area contributed by atoms with Gasteiger partial charge in [-0.1, -0.05) is 17.7 Å². The maximum atomic E-state index is 5.75. The molecule has 0 unspecified atom stereocenters. The van der Waals surface area contributed by atoms with Gasteiger partial charge in [0.15, 0.2) is 0 Å². The van der Waals surface area contributed by atoms with Gasteiger partial charge in [0.25, 0.3) is 0 Å². The van der Waals surface area contributed by atoms with Crippen molar-refractivity contribution in [2.75, 3.05) is 26.2 Å². The summed E-state index contributed by atoms with van der Waals surface area (Å²) in [4.78, 5) is 2.41. The van der Waals surface area contributed by atoms with Crippen molar-refractivity contribution in [1.82, 2.24) is 4.90 Å². The highest BCUT2D eigenvalue weighted by Crippen LogP contribution is 2.13. The molecule has 3 nitrogen and oxygen atoms in total. The van der Waals surface area contributed by atoms with E-state index in [1.165, 1.54) is 5.56 Å². The van der Waals surface area contributed by atoms with E-state index in [4.69, 9.17) is 9.47 Å². The Morgan fingerprint density at radius 1 is 1.17 bits per heavy atom. The monoisotopic (exact) mass is 249 g/mol. The molecule has 0 saturated carbocycles. The van der Waals surface area contributed by atoms with Gasteiger partial charge in [-0.3, -0.25) is 4.90 Å². The molecule has 1 heterocycles. The van der Waals surface area contributed by atoms with Crippen LogP contribution in [-0.4, -0.2) is 43.3 Å². The third-order valence-electron chi connectivity index (χ3n) is 3.19. The summed E-state index contributed by atoms with van der Waals surface area (Å²) in [6.45, 7) is 10.0. The van der Waals surface area contributed by atoms with Crippen LogP contribution < -0.4 is 4.74 Å². The van der Waals surface area contributed by atoms with E-state index in [1.54, 1.807) is 0 Å². The van der Waals surface area contributed by atoms with Crippen molar-refractivity contribution in [3.63, 3.8) is 0 Å². The van der Waals surface area contributed by atoms with Gasteiger partial charge in [0.05, 0.1) is 12.2 Å². The highest BCUT2D eigenvalue weighted by atomic mass is 16.5. The predicted molar refractivity (Wildman–Crippen MR) is 73.1 cm³/mol. The number of hydrogen-bond acceptors (Lipinski definition) is 3. The van der Waals surface area contributed by atoms with E-state index in [0.29, 0.717) is 12.2 Å². The number of aryl methyl sites for hydroxylation is 1. The lowest BCUT2D eigenvalue weighted by molar-refractivity contribution is -0.0699. The summed E-state index contributed by atoms with van der Waals surface area (Å²) in [6.07, 6.45) is 0.654. The van der Waals surface area contributed by atoms with Crippen molar-refractivity contribution in [3.05, 3.63) is 29.8 Å². The first-order valence-corrected chi connectivity index (χ1v) is 6.71. The molecule has 0 amide bonds. The van der Waals surface area contributed by atoms with Gasteiger partial charge in [0.2, 0.25) is 0 Å². The zero-order valence-electron chi connectivity index (χ0n) is 11.6. The minimum atomic E-state index is 0.327. The highest BCUT2D eigenvalue weighted by Gasteiger charge is 2.21. The summed E-state index contributed by atoms with van der Waals surface area (Å²) < 4.78 is 11.5. The van der Waals surface area contributed by atoms with Crippen LogP contribution in [0.1, 0.15) is 19.4 Å². The number of hydrogen-bond donors (Lipinski definition) is 0. The lowest BCUT2D eigenvalue weighted by Crippen LogP contribution is -2.46. The lowest BCUT2D eigenvalue weighted by atomic mass is 10.2. The van der Waals surface area contributed by atoms with Crippen LogP contribution in [0.2, 0.25) is 0 Å². The first kappa shape index (κ1) is 13.4. The Labute approximate surface area is 110 Å². The predicted octanol–water partition coefficient (Wildman–Crippen LogP) is 2.48. The van der Waals surface area contributed by atoms with E-state index in [0.717, 1.165) is 32.0 Å². The highest BCUT2D eigenvalue weighted by molar-refractivity contribution is 5.26. The second-order valence-corrected chi connectivity index (χ2v) is 5.18. The Morgan fingerprint density at radius 2 is 1.78 bits per heavy atom. The van der Waals surface area contributed by atoms with Crippen molar-refractivity contribution < 1.29 is 9.47 Å². The van der Waals surface area contributed by atoms with Crippen molar-refractivity contribution >= 4 is 0 Å². The molecule has 0 bridgehead atoms. The van der Waals surface area contributed by atoms with Crippen LogP contribution in [0.15, 0.2) is 24.3 Å². The van der Waals surface area contributed by atoms with Crippen molar-refractivity contribution in [2.45, 2.75) is 33.0 Å². The molecule has 0 spiro atoms. The Bertz CT molecular complexity index is 353. The smallest absolute Gasteiger partial charge is 0.119 e. The molecular weight excluding hydrogens is 226 g/mol. The first-order chi connectivity index (χ1) is 8.63. The van der Waals surface area contributed by atoms with Gasteiger partial charge in [-0.05, 0) is 32.9 Å². The van der Waals surface area contributed by atoms with Crippen LogP contribution in [0.3, 0.4) is 0 Å². The van der Waals surface area contributed by atoms with Gasteiger partial charge >= 0.3 is 0 Å². The fourth-order valence-electron chi connectivity index (χ4n) is 2.39. The van der Waals surface area contributed by atoms with Crippen LogP contribution >= 0.6 is 0 Å². The Kier molecular flexibility index (Phi) is 4.61. The Hall–Kier alpha value is -1.06. The van der Waals surface area contributed by atoms with Gasteiger partial charge < -0.3 is 9.47 Å². The SMILES string of the molecule is Cc1ccc(OCCN2C[C@H](C)O[C@@H](C)C2)cc1. The molecule has 1 fully saturated rings. The minimum absolute atomic E-state index is 0.327. The van der Waals surface area contributed by atoms with Crippen LogP contribution in [0.25, 0.3) is 0 Å². The second-order valence-electron chi connectivity index (χ2n) is 5.18. The molecule has 0 N–H and O–H groups in total. The molecule has 2 rings (SSSR count). The summed E-state index contributed by atoms with van der Waals surface area (Å²) >= 11 is 0. The molecule has 1 aromatic carbocycles. The zero-order valence-corrected chi connectivity index (χ0v) is 11.6. The van der Waals surface area contributed by atoms with Gasteiger partial charge in [0, 0.05) is 19.6 Å². The van der Waals surface area contributed by atoms with Crippen LogP contribution in [0.5, 0.6) is 5.75 Å². The fraction of sp³-hybridized carbons (Fsp3) is 0.600. The minimum Gasteiger partial charge on any atom is -0.492 e. The molecule has 0 aliphatic carbocycles. The summed E-state index contributed by atoms with van der Waals surface area (Å²) in [6, 6.07) is 8.21. The van der Waals surface area contributed by atoms with Crippen molar-refractivity contribution in [1.29, 1.82) is 0 Å². The topological polar surface area (TPSA) is 21.7 Å². The largest absolute Gasteiger partial charge is 0.492 e. The molecule has 1 aromatic rings. The second kappa shape index (κ2) is 6.21. The third-order valence-corrected chi connectivity index (χ3v) is 3.19. The average Bonchev–Trinajstić information content (AvgIpc) is 2.30. The standard InChI is InChI=1S/C15H23NO2/c1-12-4-6-15(7-5-12)17-9-8-16-10-13(2)18-14(3)11-16/h4-7,13-14H,8-11H2,1-3H3/t13-,14-/m0/s1. The van der Waals surface area contributed by atoms with Gasteiger partial charge in [-0.15, -0.1) is 0 Å². The normalized spacial score (nSPS) is 25.1. The maximum absolute atomic E-state index is 5.75. The van der Waals surface area contributed by atoms with Gasteiger partial charge in [-0.25, -0.2) is 0 Å². The molecule has 100 valence electrons. The van der Waals surface area contributed by atoms with E-state index in [9.17, 15) is 0 Å². The van der Waals surface area contributed by atoms with Crippen molar-refractivity contribution in [2.24, 2.45) is 0 Å². The van der Waals surface area contributed by atoms with E-state index in [1.807, 2.05) is 12.1 Å². The van der Waals surface area contributed by atoms with Crippen molar-refractivity contribution in [3.8, 4) is 5.75 Å². The van der Waals surface area contributed by atoms with Gasteiger partial charge in [-0.2, -0.15) is 0 Å². The fourth-order valence-corrected chi connectivity index (χ4v) is 2.39. The molecule has 1 saturated heterocycles. The lowest BCUT2D eigenvalue weighted by Gasteiger charge is -2.35. The van der Waals surface area contributed by atoms with Crippen LogP contribution in [-0.2, 0) is 4.74 Å². The number of ether oxygens (including phenoxy) is 2. The average molecular weight is 249 g/mol. The van der Waals surface area contributed by atoms with Crippen LogP contribution in [0, 0.1) is 6.92 Å². The molecule has 18 heavy (non-hydrogen) atoms.